The number of alkyl halides is 2. The highest BCUT2D eigenvalue weighted by Crippen LogP contribution is 2.36. The molecule has 0 aromatic carbocycles. The average Bonchev–Trinajstić information content (AvgIpc) is 3.30. The summed E-state index contributed by atoms with van der Waals surface area (Å²) in [5.41, 5.74) is 2.91. The second-order valence-electron chi connectivity index (χ2n) is 7.41. The maximum atomic E-state index is 13.3. The van der Waals surface area contributed by atoms with Crippen LogP contribution in [0.3, 0.4) is 0 Å². The van der Waals surface area contributed by atoms with Crippen molar-refractivity contribution in [2.24, 2.45) is 5.92 Å². The van der Waals surface area contributed by atoms with Crippen LogP contribution in [-0.2, 0) is 0 Å². The Morgan fingerprint density at radius 1 is 1.21 bits per heavy atom. The zero-order valence-corrected chi connectivity index (χ0v) is 16.1. The fraction of sp³-hybridized carbons (Fsp3) is 0.368. The standard InChI is InChI=1S/C19H18ClF2N7/c20-15-10-23-16-2-1-14(28-29(15)16)12-8-24-17-13(12)9-26-18(27-17)25-7-11-3-5-19(21,22)6-4-11/h1-2,8-11H,3-7H2,(H2,24,25,26,27). The molecule has 0 bridgehead atoms. The molecular formula is C19H18ClF2N7. The van der Waals surface area contributed by atoms with Crippen LogP contribution in [0, 0.1) is 5.92 Å². The average molecular weight is 418 g/mol. The highest BCUT2D eigenvalue weighted by molar-refractivity contribution is 6.29. The SMILES string of the molecule is FC1(F)CCC(CNc2ncc3c(-c4ccc5ncc(Cl)n5n4)c[nH]c3n2)CC1. The summed E-state index contributed by atoms with van der Waals surface area (Å²) in [4.78, 5) is 16.2. The largest absolute Gasteiger partial charge is 0.354 e. The van der Waals surface area contributed by atoms with Crippen LogP contribution in [0.1, 0.15) is 25.7 Å². The Kier molecular flexibility index (Phi) is 4.34. The first-order valence-electron chi connectivity index (χ1n) is 9.45. The minimum Gasteiger partial charge on any atom is -0.354 e. The predicted molar refractivity (Wildman–Crippen MR) is 106 cm³/mol. The van der Waals surface area contributed by atoms with Crippen LogP contribution in [0.4, 0.5) is 14.7 Å². The summed E-state index contributed by atoms with van der Waals surface area (Å²) in [7, 11) is 0. The van der Waals surface area contributed by atoms with Crippen molar-refractivity contribution in [2.45, 2.75) is 31.6 Å². The van der Waals surface area contributed by atoms with E-state index < -0.39 is 5.92 Å². The van der Waals surface area contributed by atoms with Crippen LogP contribution in [0.2, 0.25) is 5.15 Å². The molecule has 5 rings (SSSR count). The summed E-state index contributed by atoms with van der Waals surface area (Å²) in [6.07, 6.45) is 6.05. The van der Waals surface area contributed by atoms with Gasteiger partial charge in [0.05, 0.1) is 11.9 Å². The molecule has 1 aliphatic rings. The zero-order chi connectivity index (χ0) is 20.0. The molecule has 0 spiro atoms. The van der Waals surface area contributed by atoms with Crippen molar-refractivity contribution in [3.8, 4) is 11.3 Å². The summed E-state index contributed by atoms with van der Waals surface area (Å²) in [5, 5.41) is 8.97. The summed E-state index contributed by atoms with van der Waals surface area (Å²) in [6, 6.07) is 3.71. The molecule has 0 saturated heterocycles. The van der Waals surface area contributed by atoms with Gasteiger partial charge >= 0.3 is 0 Å². The maximum absolute atomic E-state index is 13.3. The Balaban J connectivity index is 1.35. The van der Waals surface area contributed by atoms with E-state index in [0.717, 1.165) is 16.6 Å². The Hall–Kier alpha value is -2.81. The molecular weight excluding hydrogens is 400 g/mol. The minimum absolute atomic E-state index is 0.0441. The van der Waals surface area contributed by atoms with Crippen molar-refractivity contribution in [1.82, 2.24) is 29.5 Å². The van der Waals surface area contributed by atoms with Crippen molar-refractivity contribution in [1.29, 1.82) is 0 Å². The number of aromatic nitrogens is 6. The number of halogens is 3. The van der Waals surface area contributed by atoms with E-state index in [9.17, 15) is 8.78 Å². The van der Waals surface area contributed by atoms with Crippen molar-refractivity contribution in [2.75, 3.05) is 11.9 Å². The summed E-state index contributed by atoms with van der Waals surface area (Å²) >= 11 is 6.11. The molecule has 1 fully saturated rings. The van der Waals surface area contributed by atoms with E-state index >= 15 is 0 Å². The first kappa shape index (κ1) is 18.2. The van der Waals surface area contributed by atoms with Crippen LogP contribution in [0.5, 0.6) is 0 Å². The lowest BCUT2D eigenvalue weighted by molar-refractivity contribution is -0.0443. The molecule has 0 atom stereocenters. The molecule has 0 radical (unpaired) electrons. The van der Waals surface area contributed by atoms with Crippen molar-refractivity contribution in [3.05, 3.63) is 35.9 Å². The number of nitrogens with one attached hydrogen (secondary N) is 2. The maximum Gasteiger partial charge on any atom is 0.248 e. The number of hydrogen-bond acceptors (Lipinski definition) is 5. The summed E-state index contributed by atoms with van der Waals surface area (Å²) < 4.78 is 28.1. The molecule has 1 saturated carbocycles. The van der Waals surface area contributed by atoms with Crippen molar-refractivity contribution in [3.63, 3.8) is 0 Å². The normalized spacial score (nSPS) is 17.2. The number of nitrogens with zero attached hydrogens (tertiary/aromatic N) is 5. The van der Waals surface area contributed by atoms with Gasteiger partial charge in [0.25, 0.3) is 0 Å². The fourth-order valence-electron chi connectivity index (χ4n) is 3.73. The number of H-pyrrole nitrogens is 1. The Morgan fingerprint density at radius 3 is 2.86 bits per heavy atom. The first-order valence-corrected chi connectivity index (χ1v) is 9.83. The molecule has 4 heterocycles. The number of rotatable bonds is 4. The van der Waals surface area contributed by atoms with Gasteiger partial charge in [-0.3, -0.25) is 0 Å². The lowest BCUT2D eigenvalue weighted by Crippen LogP contribution is -2.28. The third-order valence-corrected chi connectivity index (χ3v) is 5.67. The van der Waals surface area contributed by atoms with Gasteiger partial charge < -0.3 is 10.3 Å². The minimum atomic E-state index is -2.51. The number of imidazole rings is 1. The monoisotopic (exact) mass is 417 g/mol. The van der Waals surface area contributed by atoms with Gasteiger partial charge in [-0.05, 0) is 30.9 Å². The molecule has 1 aliphatic carbocycles. The number of fused-ring (bicyclic) bond motifs is 2. The van der Waals surface area contributed by atoms with Crippen molar-refractivity contribution < 1.29 is 8.78 Å². The van der Waals surface area contributed by atoms with Crippen LogP contribution in [-0.4, -0.2) is 42.0 Å². The lowest BCUT2D eigenvalue weighted by Gasteiger charge is -2.28. The van der Waals surface area contributed by atoms with Gasteiger partial charge in [0.15, 0.2) is 10.8 Å². The van der Waals surface area contributed by atoms with Crippen LogP contribution < -0.4 is 5.32 Å². The van der Waals surface area contributed by atoms with Crippen molar-refractivity contribution >= 4 is 34.2 Å². The number of anilines is 1. The second kappa shape index (κ2) is 6.91. The molecule has 4 aromatic rings. The quantitative estimate of drug-likeness (QED) is 0.508. The van der Waals surface area contributed by atoms with E-state index in [2.05, 4.69) is 30.4 Å². The van der Waals surface area contributed by atoms with Gasteiger partial charge in [-0.25, -0.2) is 23.3 Å². The lowest BCUT2D eigenvalue weighted by atomic mass is 9.87. The van der Waals surface area contributed by atoms with E-state index in [4.69, 9.17) is 11.6 Å². The van der Waals surface area contributed by atoms with Crippen LogP contribution in [0.15, 0.2) is 30.7 Å². The fourth-order valence-corrected chi connectivity index (χ4v) is 3.91. The van der Waals surface area contributed by atoms with Gasteiger partial charge in [-0.15, -0.1) is 0 Å². The van der Waals surface area contributed by atoms with Crippen LogP contribution >= 0.6 is 11.6 Å². The molecule has 0 unspecified atom stereocenters. The predicted octanol–water partition coefficient (Wildman–Crippen LogP) is 4.56. The molecule has 7 nitrogen and oxygen atoms in total. The van der Waals surface area contributed by atoms with Gasteiger partial charge in [0.1, 0.15) is 5.65 Å². The Morgan fingerprint density at radius 2 is 2.03 bits per heavy atom. The Bertz CT molecular complexity index is 1180. The molecule has 29 heavy (non-hydrogen) atoms. The zero-order valence-electron chi connectivity index (χ0n) is 15.4. The second-order valence-corrected chi connectivity index (χ2v) is 7.80. The first-order chi connectivity index (χ1) is 14.0. The van der Waals surface area contributed by atoms with Gasteiger partial charge in [-0.1, -0.05) is 11.6 Å². The third kappa shape index (κ3) is 3.50. The molecule has 4 aromatic heterocycles. The van der Waals surface area contributed by atoms with Gasteiger partial charge in [0.2, 0.25) is 11.9 Å². The molecule has 0 aliphatic heterocycles. The van der Waals surface area contributed by atoms with E-state index in [0.29, 0.717) is 41.8 Å². The highest BCUT2D eigenvalue weighted by atomic mass is 35.5. The topological polar surface area (TPSA) is 83.8 Å². The van der Waals surface area contributed by atoms with E-state index in [-0.39, 0.29) is 18.8 Å². The Labute approximate surface area is 169 Å². The molecule has 150 valence electrons. The van der Waals surface area contributed by atoms with E-state index in [1.165, 1.54) is 0 Å². The molecule has 2 N–H and O–H groups in total. The van der Waals surface area contributed by atoms with Gasteiger partial charge in [-0.2, -0.15) is 10.1 Å². The van der Waals surface area contributed by atoms with E-state index in [1.54, 1.807) is 16.9 Å². The van der Waals surface area contributed by atoms with Crippen LogP contribution in [0.25, 0.3) is 27.9 Å². The summed E-state index contributed by atoms with van der Waals surface area (Å²) in [5.74, 6) is -1.82. The van der Waals surface area contributed by atoms with E-state index in [1.807, 2.05) is 18.3 Å². The number of aromatic amines is 1. The van der Waals surface area contributed by atoms with Gasteiger partial charge in [0, 0.05) is 42.7 Å². The number of hydrogen-bond donors (Lipinski definition) is 2. The smallest absolute Gasteiger partial charge is 0.248 e. The summed E-state index contributed by atoms with van der Waals surface area (Å²) in [6.45, 7) is 0.590. The highest BCUT2D eigenvalue weighted by Gasteiger charge is 2.34. The molecule has 0 amide bonds. The molecule has 10 heteroatoms. The third-order valence-electron chi connectivity index (χ3n) is 5.41.